The molecule has 0 saturated carbocycles. The molecular formula is C22H29N3O. The summed E-state index contributed by atoms with van der Waals surface area (Å²) in [7, 11) is 3.85. The summed E-state index contributed by atoms with van der Waals surface area (Å²) in [6, 6.07) is 14.2. The summed E-state index contributed by atoms with van der Waals surface area (Å²) in [5.41, 5.74) is 4.87. The third kappa shape index (κ3) is 5.19. The summed E-state index contributed by atoms with van der Waals surface area (Å²) >= 11 is 0. The summed E-state index contributed by atoms with van der Waals surface area (Å²) in [5.74, 6) is 0.0581. The summed E-state index contributed by atoms with van der Waals surface area (Å²) in [6.07, 6.45) is 2.68. The third-order valence-corrected chi connectivity index (χ3v) is 4.59. The second-order valence-electron chi connectivity index (χ2n) is 6.73. The number of benzene rings is 2. The van der Waals surface area contributed by atoms with Crippen LogP contribution in [0.5, 0.6) is 0 Å². The maximum atomic E-state index is 12.8. The van der Waals surface area contributed by atoms with Crippen LogP contribution in [0.2, 0.25) is 0 Å². The quantitative estimate of drug-likeness (QED) is 0.553. The van der Waals surface area contributed by atoms with Gasteiger partial charge in [0, 0.05) is 32.7 Å². The van der Waals surface area contributed by atoms with Gasteiger partial charge < -0.3 is 9.80 Å². The molecule has 138 valence electrons. The second-order valence-corrected chi connectivity index (χ2v) is 6.73. The molecule has 26 heavy (non-hydrogen) atoms. The van der Waals surface area contributed by atoms with Crippen molar-refractivity contribution in [2.45, 2.75) is 27.2 Å². The largest absolute Gasteiger partial charge is 0.366 e. The number of amides is 1. The highest BCUT2D eigenvalue weighted by Gasteiger charge is 2.15. The molecule has 0 aromatic heterocycles. The Morgan fingerprint density at radius 1 is 1.08 bits per heavy atom. The minimum absolute atomic E-state index is 0.0581. The standard InChI is InChI=1S/C22H29N3O/c1-6-24(4)16-23-21-15-17(2)20(14-18(21)3)22(26)25(5)13-12-19-10-8-7-9-11-19/h7-11,14-16H,6,12-13H2,1-5H3. The van der Waals surface area contributed by atoms with E-state index in [1.54, 1.807) is 4.90 Å². The van der Waals surface area contributed by atoms with E-state index in [0.717, 1.165) is 35.3 Å². The molecule has 2 aromatic carbocycles. The second kappa shape index (κ2) is 9.18. The van der Waals surface area contributed by atoms with Gasteiger partial charge in [0.2, 0.25) is 0 Å². The topological polar surface area (TPSA) is 35.9 Å². The van der Waals surface area contributed by atoms with E-state index in [9.17, 15) is 4.79 Å². The molecule has 0 spiro atoms. The van der Waals surface area contributed by atoms with Crippen LogP contribution in [0.3, 0.4) is 0 Å². The van der Waals surface area contributed by atoms with Crippen molar-refractivity contribution in [2.24, 2.45) is 4.99 Å². The Morgan fingerprint density at radius 2 is 1.77 bits per heavy atom. The van der Waals surface area contributed by atoms with Gasteiger partial charge >= 0.3 is 0 Å². The molecule has 0 radical (unpaired) electrons. The summed E-state index contributed by atoms with van der Waals surface area (Å²) < 4.78 is 0. The van der Waals surface area contributed by atoms with E-state index in [1.165, 1.54) is 5.56 Å². The van der Waals surface area contributed by atoms with Gasteiger partial charge in [-0.25, -0.2) is 4.99 Å². The molecule has 2 aromatic rings. The zero-order chi connectivity index (χ0) is 19.1. The van der Waals surface area contributed by atoms with Gasteiger partial charge in [-0.15, -0.1) is 0 Å². The van der Waals surface area contributed by atoms with Crippen molar-refractivity contribution in [3.05, 3.63) is 64.7 Å². The van der Waals surface area contributed by atoms with E-state index in [-0.39, 0.29) is 5.91 Å². The molecule has 0 heterocycles. The predicted octanol–water partition coefficient (Wildman–Crippen LogP) is 4.23. The van der Waals surface area contributed by atoms with E-state index < -0.39 is 0 Å². The Bertz CT molecular complexity index is 768. The number of nitrogens with zero attached hydrogens (tertiary/aromatic N) is 3. The number of rotatable bonds is 7. The van der Waals surface area contributed by atoms with Gasteiger partial charge in [-0.05, 0) is 56.0 Å². The summed E-state index contributed by atoms with van der Waals surface area (Å²) in [4.78, 5) is 21.2. The molecule has 0 unspecified atom stereocenters. The van der Waals surface area contributed by atoms with Gasteiger partial charge in [0.05, 0.1) is 12.0 Å². The zero-order valence-corrected chi connectivity index (χ0v) is 16.5. The number of aryl methyl sites for hydroxylation is 2. The van der Waals surface area contributed by atoms with Crippen molar-refractivity contribution < 1.29 is 4.79 Å². The van der Waals surface area contributed by atoms with Crippen LogP contribution < -0.4 is 0 Å². The van der Waals surface area contributed by atoms with Crippen LogP contribution in [0, 0.1) is 13.8 Å². The molecule has 1 amide bonds. The zero-order valence-electron chi connectivity index (χ0n) is 16.5. The summed E-state index contributed by atoms with van der Waals surface area (Å²) in [5, 5.41) is 0. The highest BCUT2D eigenvalue weighted by Crippen LogP contribution is 2.24. The Balaban J connectivity index is 2.10. The van der Waals surface area contributed by atoms with Gasteiger partial charge in [-0.2, -0.15) is 0 Å². The first-order chi connectivity index (χ1) is 12.4. The van der Waals surface area contributed by atoms with Crippen LogP contribution in [0.1, 0.15) is 34.0 Å². The Morgan fingerprint density at radius 3 is 2.42 bits per heavy atom. The van der Waals surface area contributed by atoms with Crippen LogP contribution in [-0.2, 0) is 6.42 Å². The molecule has 0 bridgehead atoms. The first-order valence-electron chi connectivity index (χ1n) is 9.07. The lowest BCUT2D eigenvalue weighted by molar-refractivity contribution is 0.0796. The Hall–Kier alpha value is -2.62. The molecule has 0 aliphatic heterocycles. The number of hydrogen-bond donors (Lipinski definition) is 0. The number of carbonyl (C=O) groups is 1. The molecular weight excluding hydrogens is 322 g/mol. The normalized spacial score (nSPS) is 11.0. The molecule has 0 fully saturated rings. The molecule has 0 atom stereocenters. The van der Waals surface area contributed by atoms with Crippen LogP contribution in [-0.4, -0.2) is 49.2 Å². The average Bonchev–Trinajstić information content (AvgIpc) is 2.66. The average molecular weight is 351 g/mol. The minimum Gasteiger partial charge on any atom is -0.366 e. The lowest BCUT2D eigenvalue weighted by Crippen LogP contribution is -2.29. The number of aliphatic imine (C=N–C) groups is 1. The van der Waals surface area contributed by atoms with E-state index >= 15 is 0 Å². The first kappa shape index (κ1) is 19.7. The van der Waals surface area contributed by atoms with E-state index in [2.05, 4.69) is 24.0 Å². The van der Waals surface area contributed by atoms with E-state index in [0.29, 0.717) is 6.54 Å². The van der Waals surface area contributed by atoms with Crippen molar-refractivity contribution in [3.63, 3.8) is 0 Å². The van der Waals surface area contributed by atoms with E-state index in [4.69, 9.17) is 0 Å². The van der Waals surface area contributed by atoms with Crippen molar-refractivity contribution in [3.8, 4) is 0 Å². The maximum Gasteiger partial charge on any atom is 0.253 e. The number of carbonyl (C=O) groups excluding carboxylic acids is 1. The van der Waals surface area contributed by atoms with Gasteiger partial charge in [-0.1, -0.05) is 30.3 Å². The van der Waals surface area contributed by atoms with Crippen molar-refractivity contribution in [1.29, 1.82) is 0 Å². The van der Waals surface area contributed by atoms with Crippen molar-refractivity contribution >= 4 is 17.9 Å². The van der Waals surface area contributed by atoms with Crippen LogP contribution in [0.25, 0.3) is 0 Å². The van der Waals surface area contributed by atoms with Crippen LogP contribution in [0.15, 0.2) is 47.5 Å². The Labute approximate surface area is 157 Å². The monoisotopic (exact) mass is 351 g/mol. The lowest BCUT2D eigenvalue weighted by Gasteiger charge is -2.19. The maximum absolute atomic E-state index is 12.8. The minimum atomic E-state index is 0.0581. The van der Waals surface area contributed by atoms with E-state index in [1.807, 2.05) is 69.5 Å². The fourth-order valence-electron chi connectivity index (χ4n) is 2.66. The predicted molar refractivity (Wildman–Crippen MR) is 109 cm³/mol. The molecule has 0 N–H and O–H groups in total. The number of likely N-dealkylation sites (N-methyl/N-ethyl adjacent to an activating group) is 1. The van der Waals surface area contributed by atoms with Gasteiger partial charge in [0.1, 0.15) is 0 Å². The Kier molecular flexibility index (Phi) is 6.96. The molecule has 0 aliphatic carbocycles. The van der Waals surface area contributed by atoms with Crippen LogP contribution in [0.4, 0.5) is 5.69 Å². The molecule has 2 rings (SSSR count). The lowest BCUT2D eigenvalue weighted by atomic mass is 10.0. The van der Waals surface area contributed by atoms with Crippen molar-refractivity contribution in [1.82, 2.24) is 9.80 Å². The fraction of sp³-hybridized carbons (Fsp3) is 0.364. The fourth-order valence-corrected chi connectivity index (χ4v) is 2.66. The van der Waals surface area contributed by atoms with Gasteiger partial charge in [-0.3, -0.25) is 4.79 Å². The molecule has 4 heteroatoms. The highest BCUT2D eigenvalue weighted by atomic mass is 16.2. The van der Waals surface area contributed by atoms with Gasteiger partial charge in [0.15, 0.2) is 0 Å². The SMILES string of the molecule is CCN(C)C=Nc1cc(C)c(C(=O)N(C)CCc2ccccc2)cc1C. The smallest absolute Gasteiger partial charge is 0.253 e. The van der Waals surface area contributed by atoms with Crippen molar-refractivity contribution in [2.75, 3.05) is 27.2 Å². The molecule has 0 aliphatic rings. The third-order valence-electron chi connectivity index (χ3n) is 4.59. The highest BCUT2D eigenvalue weighted by molar-refractivity contribution is 5.96. The van der Waals surface area contributed by atoms with Gasteiger partial charge in [0.25, 0.3) is 5.91 Å². The first-order valence-corrected chi connectivity index (χ1v) is 9.07. The van der Waals surface area contributed by atoms with Crippen LogP contribution >= 0.6 is 0 Å². The number of hydrogen-bond acceptors (Lipinski definition) is 2. The molecule has 4 nitrogen and oxygen atoms in total. The molecule has 0 saturated heterocycles. The summed E-state index contributed by atoms with van der Waals surface area (Å²) in [6.45, 7) is 7.66.